The minimum absolute atomic E-state index is 0.306. The summed E-state index contributed by atoms with van der Waals surface area (Å²) in [5, 5.41) is 6.20. The van der Waals surface area contributed by atoms with E-state index in [2.05, 4.69) is 10.6 Å². The average molecular weight is 242 g/mol. The molecule has 0 aromatic carbocycles. The van der Waals surface area contributed by atoms with Gasteiger partial charge in [0.05, 0.1) is 0 Å². The lowest BCUT2D eigenvalue weighted by molar-refractivity contribution is 0.0526. The molecule has 1 amide bonds. The summed E-state index contributed by atoms with van der Waals surface area (Å²) in [6, 6.07) is 0. The van der Waals surface area contributed by atoms with Crippen molar-refractivity contribution in [2.75, 3.05) is 19.6 Å². The van der Waals surface area contributed by atoms with Crippen LogP contribution < -0.4 is 10.6 Å². The monoisotopic (exact) mass is 242 g/mol. The Morgan fingerprint density at radius 2 is 2.24 bits per heavy atom. The molecular formula is C13H26N2O2. The molecule has 100 valence electrons. The molecule has 0 bridgehead atoms. The van der Waals surface area contributed by atoms with Crippen LogP contribution in [-0.2, 0) is 4.74 Å². The van der Waals surface area contributed by atoms with Crippen molar-refractivity contribution in [3.05, 3.63) is 0 Å². The summed E-state index contributed by atoms with van der Waals surface area (Å²) in [6.07, 6.45) is 4.51. The molecule has 0 aromatic rings. The number of nitrogens with one attached hydrogen (secondary N) is 2. The minimum Gasteiger partial charge on any atom is -0.444 e. The van der Waals surface area contributed by atoms with Gasteiger partial charge in [-0.15, -0.1) is 0 Å². The number of alkyl carbamates (subject to hydrolysis) is 1. The Hall–Kier alpha value is -0.770. The molecule has 1 saturated heterocycles. The first-order valence-electron chi connectivity index (χ1n) is 6.65. The molecule has 0 aliphatic carbocycles. The van der Waals surface area contributed by atoms with Crippen LogP contribution in [0.3, 0.4) is 0 Å². The second-order valence-electron chi connectivity index (χ2n) is 5.78. The summed E-state index contributed by atoms with van der Waals surface area (Å²) in [6.45, 7) is 8.63. The van der Waals surface area contributed by atoms with Gasteiger partial charge in [0.1, 0.15) is 5.60 Å². The molecule has 4 nitrogen and oxygen atoms in total. The Kier molecular flexibility index (Phi) is 5.75. The van der Waals surface area contributed by atoms with Crippen LogP contribution in [0.4, 0.5) is 4.79 Å². The van der Waals surface area contributed by atoms with Gasteiger partial charge in [0, 0.05) is 6.54 Å². The normalized spacial score (nSPS) is 21.0. The predicted molar refractivity (Wildman–Crippen MR) is 69.1 cm³/mol. The van der Waals surface area contributed by atoms with Crippen molar-refractivity contribution in [2.24, 2.45) is 5.92 Å². The van der Waals surface area contributed by atoms with E-state index in [1.807, 2.05) is 20.8 Å². The highest BCUT2D eigenvalue weighted by Crippen LogP contribution is 2.15. The van der Waals surface area contributed by atoms with Gasteiger partial charge in [-0.05, 0) is 65.5 Å². The minimum atomic E-state index is -0.405. The molecule has 0 aromatic heterocycles. The lowest BCUT2D eigenvalue weighted by Gasteiger charge is -2.23. The molecule has 0 unspecified atom stereocenters. The lowest BCUT2D eigenvalue weighted by Crippen LogP contribution is -2.34. The van der Waals surface area contributed by atoms with Crippen molar-refractivity contribution in [1.82, 2.24) is 10.6 Å². The van der Waals surface area contributed by atoms with Crippen LogP contribution >= 0.6 is 0 Å². The van der Waals surface area contributed by atoms with Crippen LogP contribution in [0.5, 0.6) is 0 Å². The first-order valence-corrected chi connectivity index (χ1v) is 6.65. The van der Waals surface area contributed by atoms with Crippen LogP contribution in [-0.4, -0.2) is 31.3 Å². The molecular weight excluding hydrogens is 216 g/mol. The number of rotatable bonds is 4. The number of ether oxygens (including phenoxy) is 1. The molecule has 0 spiro atoms. The Labute approximate surface area is 104 Å². The zero-order valence-corrected chi connectivity index (χ0v) is 11.3. The second-order valence-corrected chi connectivity index (χ2v) is 5.78. The summed E-state index contributed by atoms with van der Waals surface area (Å²) >= 11 is 0. The SMILES string of the molecule is CC(C)(C)OC(=O)NCCC[C@H]1CCCNC1. The van der Waals surface area contributed by atoms with Crippen LogP contribution in [0.1, 0.15) is 46.5 Å². The first-order chi connectivity index (χ1) is 7.97. The van der Waals surface area contributed by atoms with Crippen molar-refractivity contribution in [2.45, 2.75) is 52.1 Å². The molecule has 1 atom stereocenters. The third kappa shape index (κ3) is 7.21. The van der Waals surface area contributed by atoms with E-state index in [1.54, 1.807) is 0 Å². The summed E-state index contributed by atoms with van der Waals surface area (Å²) in [5.74, 6) is 0.782. The fourth-order valence-electron chi connectivity index (χ4n) is 2.07. The Bertz CT molecular complexity index is 230. The second kappa shape index (κ2) is 6.84. The van der Waals surface area contributed by atoms with Crippen LogP contribution in [0, 0.1) is 5.92 Å². The highest BCUT2D eigenvalue weighted by Gasteiger charge is 2.16. The Balaban J connectivity index is 2.01. The number of carbonyl (C=O) groups excluding carboxylic acids is 1. The van der Waals surface area contributed by atoms with E-state index in [4.69, 9.17) is 4.74 Å². The molecule has 0 radical (unpaired) electrons. The molecule has 1 aliphatic rings. The highest BCUT2D eigenvalue weighted by atomic mass is 16.6. The fourth-order valence-corrected chi connectivity index (χ4v) is 2.07. The van der Waals surface area contributed by atoms with E-state index in [0.29, 0.717) is 6.54 Å². The predicted octanol–water partition coefficient (Wildman–Crippen LogP) is 2.29. The summed E-state index contributed by atoms with van der Waals surface area (Å²) < 4.78 is 5.17. The quantitative estimate of drug-likeness (QED) is 0.744. The zero-order valence-electron chi connectivity index (χ0n) is 11.3. The third-order valence-electron chi connectivity index (χ3n) is 2.86. The van der Waals surface area contributed by atoms with Gasteiger partial charge in [0.2, 0.25) is 0 Å². The van der Waals surface area contributed by atoms with Gasteiger partial charge in [0.25, 0.3) is 0 Å². The van der Waals surface area contributed by atoms with Crippen molar-refractivity contribution in [3.8, 4) is 0 Å². The highest BCUT2D eigenvalue weighted by molar-refractivity contribution is 5.67. The largest absolute Gasteiger partial charge is 0.444 e. The van der Waals surface area contributed by atoms with Gasteiger partial charge < -0.3 is 15.4 Å². The molecule has 0 saturated carbocycles. The number of amides is 1. The van der Waals surface area contributed by atoms with Gasteiger partial charge >= 0.3 is 6.09 Å². The number of piperidine rings is 1. The Morgan fingerprint density at radius 1 is 1.47 bits per heavy atom. The molecule has 1 rings (SSSR count). The van der Waals surface area contributed by atoms with E-state index >= 15 is 0 Å². The van der Waals surface area contributed by atoms with Crippen molar-refractivity contribution < 1.29 is 9.53 Å². The maximum Gasteiger partial charge on any atom is 0.407 e. The van der Waals surface area contributed by atoms with Crippen molar-refractivity contribution >= 4 is 6.09 Å². The number of carbonyl (C=O) groups is 1. The van der Waals surface area contributed by atoms with Crippen LogP contribution in [0.25, 0.3) is 0 Å². The molecule has 17 heavy (non-hydrogen) atoms. The topological polar surface area (TPSA) is 50.4 Å². The fraction of sp³-hybridized carbons (Fsp3) is 0.923. The maximum absolute atomic E-state index is 11.4. The van der Waals surface area contributed by atoms with Crippen LogP contribution in [0.15, 0.2) is 0 Å². The number of hydrogen-bond acceptors (Lipinski definition) is 3. The lowest BCUT2D eigenvalue weighted by atomic mass is 9.95. The van der Waals surface area contributed by atoms with E-state index in [9.17, 15) is 4.79 Å². The van der Waals surface area contributed by atoms with E-state index in [0.717, 1.165) is 25.4 Å². The van der Waals surface area contributed by atoms with E-state index < -0.39 is 5.60 Å². The van der Waals surface area contributed by atoms with E-state index in [-0.39, 0.29) is 6.09 Å². The van der Waals surface area contributed by atoms with Gasteiger partial charge in [0.15, 0.2) is 0 Å². The van der Waals surface area contributed by atoms with Gasteiger partial charge in [-0.25, -0.2) is 4.79 Å². The molecule has 1 heterocycles. The summed E-state index contributed by atoms with van der Waals surface area (Å²) in [5.41, 5.74) is -0.405. The molecule has 4 heteroatoms. The van der Waals surface area contributed by atoms with E-state index in [1.165, 1.54) is 19.3 Å². The van der Waals surface area contributed by atoms with Crippen molar-refractivity contribution in [1.29, 1.82) is 0 Å². The summed E-state index contributed by atoms with van der Waals surface area (Å²) in [7, 11) is 0. The van der Waals surface area contributed by atoms with Gasteiger partial charge in [-0.2, -0.15) is 0 Å². The van der Waals surface area contributed by atoms with Gasteiger partial charge in [-0.1, -0.05) is 0 Å². The van der Waals surface area contributed by atoms with Gasteiger partial charge in [-0.3, -0.25) is 0 Å². The smallest absolute Gasteiger partial charge is 0.407 e. The molecule has 1 fully saturated rings. The summed E-state index contributed by atoms with van der Waals surface area (Å²) in [4.78, 5) is 11.4. The zero-order chi connectivity index (χ0) is 12.7. The third-order valence-corrected chi connectivity index (χ3v) is 2.86. The van der Waals surface area contributed by atoms with Crippen LogP contribution in [0.2, 0.25) is 0 Å². The Morgan fingerprint density at radius 3 is 2.82 bits per heavy atom. The first kappa shape index (κ1) is 14.3. The molecule has 2 N–H and O–H groups in total. The number of hydrogen-bond donors (Lipinski definition) is 2. The van der Waals surface area contributed by atoms with Crippen molar-refractivity contribution in [3.63, 3.8) is 0 Å². The maximum atomic E-state index is 11.4. The standard InChI is InChI=1S/C13H26N2O2/c1-13(2,3)17-12(16)15-9-5-7-11-6-4-8-14-10-11/h11,14H,4-10H2,1-3H3,(H,15,16)/t11-/m1/s1. The average Bonchev–Trinajstić information content (AvgIpc) is 2.23. The molecule has 1 aliphatic heterocycles.